The third-order valence-electron chi connectivity index (χ3n) is 10.7. The van der Waals surface area contributed by atoms with Gasteiger partial charge >= 0.3 is 5.97 Å². The summed E-state index contributed by atoms with van der Waals surface area (Å²) in [5.74, 6) is -0.777. The molecular formula is C33H43ClN8O4. The molecule has 0 spiro atoms. The molecule has 4 aliphatic heterocycles. The van der Waals surface area contributed by atoms with Crippen molar-refractivity contribution in [1.82, 2.24) is 29.9 Å². The number of hydrogen-bond donors (Lipinski definition) is 3. The molecule has 0 radical (unpaired) electrons. The van der Waals surface area contributed by atoms with Crippen LogP contribution in [0.4, 0.5) is 10.5 Å². The van der Waals surface area contributed by atoms with E-state index in [0.29, 0.717) is 30.6 Å². The molecule has 3 N–H and O–H groups in total. The van der Waals surface area contributed by atoms with E-state index in [1.54, 1.807) is 6.20 Å². The van der Waals surface area contributed by atoms with Crippen molar-refractivity contribution in [2.24, 2.45) is 0 Å². The minimum absolute atomic E-state index is 0.0948. The van der Waals surface area contributed by atoms with Crippen molar-refractivity contribution < 1.29 is 24.4 Å². The summed E-state index contributed by atoms with van der Waals surface area (Å²) in [7, 11) is 0. The van der Waals surface area contributed by atoms with E-state index in [4.69, 9.17) is 11.6 Å². The van der Waals surface area contributed by atoms with Crippen LogP contribution in [0.5, 0.6) is 0 Å². The molecule has 5 heterocycles. The molecule has 0 saturated carbocycles. The zero-order valence-electron chi connectivity index (χ0n) is 26.1. The molecule has 46 heavy (non-hydrogen) atoms. The third kappa shape index (κ3) is 5.98. The van der Waals surface area contributed by atoms with Crippen LogP contribution in [0.2, 0.25) is 5.02 Å². The van der Waals surface area contributed by atoms with E-state index >= 15 is 0 Å². The summed E-state index contributed by atoms with van der Waals surface area (Å²) >= 11 is 6.42. The average Bonchev–Trinajstić information content (AvgIpc) is 3.45. The van der Waals surface area contributed by atoms with E-state index in [1.165, 1.54) is 0 Å². The number of aromatic amines is 1. The fraction of sp³-hybridized carbons (Fsp3) is 0.545. The monoisotopic (exact) mass is 650 g/mol. The highest BCUT2D eigenvalue weighted by Gasteiger charge is 2.53. The van der Waals surface area contributed by atoms with Crippen LogP contribution in [0.3, 0.4) is 0 Å². The molecule has 3 saturated heterocycles. The Bertz CT molecular complexity index is 1570. The van der Waals surface area contributed by atoms with Gasteiger partial charge in [-0.2, -0.15) is 9.69 Å². The summed E-state index contributed by atoms with van der Waals surface area (Å²) < 4.78 is -0.235. The maximum Gasteiger partial charge on any atom is 0.317 e. The Hall–Kier alpha value is -3.26. The SMILES string of the molecule is O=C(O)CN1CCN(C2CCN(C3CCCC[N@@+]3(C(=O)[O-])N3CCc4cc(Cl)ccc4NC3c3ccc4[nH]ncc4c3)CC2)CC1. The number of H-pyrrole nitrogens is 1. The quantitative estimate of drug-likeness (QED) is 0.342. The predicted octanol–water partition coefficient (Wildman–Crippen LogP) is 2.94. The van der Waals surface area contributed by atoms with Crippen molar-refractivity contribution in [1.29, 1.82) is 0 Å². The van der Waals surface area contributed by atoms with Gasteiger partial charge in [-0.3, -0.25) is 24.6 Å². The predicted molar refractivity (Wildman–Crippen MR) is 173 cm³/mol. The number of nitrogens with zero attached hydrogens (tertiary/aromatic N) is 6. The van der Waals surface area contributed by atoms with Crippen molar-refractivity contribution in [3.8, 4) is 0 Å². The smallest absolute Gasteiger partial charge is 0.317 e. The van der Waals surface area contributed by atoms with Crippen LogP contribution in [0.15, 0.2) is 42.6 Å². The van der Waals surface area contributed by atoms with Gasteiger partial charge in [-0.25, -0.2) is 0 Å². The summed E-state index contributed by atoms with van der Waals surface area (Å²) in [6, 6.07) is 12.4. The Balaban J connectivity index is 1.17. The van der Waals surface area contributed by atoms with Gasteiger partial charge in [0, 0.05) is 67.8 Å². The van der Waals surface area contributed by atoms with Crippen molar-refractivity contribution in [3.63, 3.8) is 0 Å². The standard InChI is InChI=1S/C33H43ClN8O4/c34-26-5-7-28-23(20-26)8-13-41(32(36-28)24-4-6-29-25(19-24)21-35-37-29)42(33(45)46)18-2-1-3-30(42)40-11-9-27(10-12-40)39-16-14-38(15-17-39)22-31(43)44/h4-7,19-21,27,30,32,36H,1-3,8-18,22H2,(H2-,35,37,43,44,45,46)/t30?,32?,42-/m1/s1. The maximum absolute atomic E-state index is 13.7. The highest BCUT2D eigenvalue weighted by atomic mass is 35.5. The molecule has 0 aliphatic carbocycles. The van der Waals surface area contributed by atoms with Gasteiger partial charge in [-0.1, -0.05) is 17.7 Å². The fourth-order valence-electron chi connectivity index (χ4n) is 8.41. The number of anilines is 1. The summed E-state index contributed by atoms with van der Waals surface area (Å²) in [4.78, 5) is 31.8. The topological polar surface area (TPSA) is 131 Å². The Morgan fingerprint density at radius 1 is 0.978 bits per heavy atom. The Labute approximate surface area is 274 Å². The molecule has 7 rings (SSSR count). The number of nitrogens with one attached hydrogen (secondary N) is 2. The third-order valence-corrected chi connectivity index (χ3v) is 11.0. The number of fused-ring (bicyclic) bond motifs is 2. The lowest BCUT2D eigenvalue weighted by Crippen LogP contribution is -2.77. The molecular weight excluding hydrogens is 608 g/mol. The van der Waals surface area contributed by atoms with Crippen molar-refractivity contribution in [3.05, 3.63) is 58.7 Å². The van der Waals surface area contributed by atoms with Gasteiger partial charge < -0.3 is 20.3 Å². The molecule has 3 aromatic rings. The number of carboxylic acids is 1. The number of rotatable bonds is 6. The summed E-state index contributed by atoms with van der Waals surface area (Å²) in [5.41, 5.74) is 3.93. The number of amides is 1. The Morgan fingerprint density at radius 3 is 2.54 bits per heavy atom. The van der Waals surface area contributed by atoms with Crippen LogP contribution in [0.1, 0.15) is 49.4 Å². The second-order valence-corrected chi connectivity index (χ2v) is 13.7. The van der Waals surface area contributed by atoms with Crippen molar-refractivity contribution in [2.45, 2.75) is 56.9 Å². The van der Waals surface area contributed by atoms with Crippen LogP contribution in [0.25, 0.3) is 10.9 Å². The molecule has 12 nitrogen and oxygen atoms in total. The summed E-state index contributed by atoms with van der Waals surface area (Å²) in [5, 5.41) is 37.6. The van der Waals surface area contributed by atoms with E-state index in [2.05, 4.69) is 42.5 Å². The lowest BCUT2D eigenvalue weighted by atomic mass is 9.98. The lowest BCUT2D eigenvalue weighted by molar-refractivity contribution is -1.02. The second kappa shape index (κ2) is 13.1. The number of quaternary nitrogens is 1. The van der Waals surface area contributed by atoms with Gasteiger partial charge in [-0.15, -0.1) is 5.01 Å². The molecule has 246 valence electrons. The minimum atomic E-state index is -1.05. The number of halogens is 1. The molecule has 13 heteroatoms. The first-order valence-corrected chi connectivity index (χ1v) is 17.0. The molecule has 2 aromatic carbocycles. The van der Waals surface area contributed by atoms with Gasteiger partial charge in [0.15, 0.2) is 12.3 Å². The molecule has 3 atom stereocenters. The number of aliphatic carboxylic acids is 1. The largest absolute Gasteiger partial charge is 0.497 e. The first kappa shape index (κ1) is 31.3. The van der Waals surface area contributed by atoms with E-state index in [9.17, 15) is 19.8 Å². The van der Waals surface area contributed by atoms with Gasteiger partial charge in [0.2, 0.25) is 0 Å². The summed E-state index contributed by atoms with van der Waals surface area (Å²) in [6.45, 7) is 6.00. The number of hydrogen-bond acceptors (Lipinski definition) is 9. The number of carbonyl (C=O) groups excluding carboxylic acids is 1. The van der Waals surface area contributed by atoms with Gasteiger partial charge in [0.05, 0.1) is 24.8 Å². The van der Waals surface area contributed by atoms with Gasteiger partial charge in [0.25, 0.3) is 6.09 Å². The number of carbonyl (C=O) groups is 2. The molecule has 4 aliphatic rings. The zero-order valence-corrected chi connectivity index (χ0v) is 26.9. The fourth-order valence-corrected chi connectivity index (χ4v) is 8.60. The number of carboxylic acid groups (broad SMARTS) is 2. The van der Waals surface area contributed by atoms with E-state index in [0.717, 1.165) is 99.1 Å². The highest BCUT2D eigenvalue weighted by molar-refractivity contribution is 6.30. The first-order valence-electron chi connectivity index (χ1n) is 16.6. The molecule has 1 amide bonds. The van der Waals surface area contributed by atoms with Crippen LogP contribution >= 0.6 is 11.6 Å². The van der Waals surface area contributed by atoms with E-state index in [1.807, 2.05) is 29.2 Å². The van der Waals surface area contributed by atoms with Crippen LogP contribution in [0, 0.1) is 0 Å². The molecule has 0 bridgehead atoms. The number of benzene rings is 2. The number of piperazine rings is 1. The molecule has 2 unspecified atom stereocenters. The van der Waals surface area contributed by atoms with Crippen molar-refractivity contribution in [2.75, 3.05) is 64.2 Å². The zero-order chi connectivity index (χ0) is 31.8. The minimum Gasteiger partial charge on any atom is -0.497 e. The lowest BCUT2D eigenvalue weighted by Gasteiger charge is -2.57. The molecule has 1 aromatic heterocycles. The average molecular weight is 651 g/mol. The Morgan fingerprint density at radius 2 is 1.78 bits per heavy atom. The molecule has 3 fully saturated rings. The normalized spacial score (nSPS) is 27.6. The second-order valence-electron chi connectivity index (χ2n) is 13.2. The summed E-state index contributed by atoms with van der Waals surface area (Å²) in [6.07, 6.45) is 5.25. The number of aromatic nitrogens is 2. The van der Waals surface area contributed by atoms with Gasteiger partial charge in [-0.05, 0) is 73.6 Å². The first-order chi connectivity index (χ1) is 22.3. The maximum atomic E-state index is 13.7. The Kier molecular flexibility index (Phi) is 8.92. The van der Waals surface area contributed by atoms with Crippen LogP contribution < -0.4 is 10.4 Å². The van der Waals surface area contributed by atoms with Crippen LogP contribution in [-0.2, 0) is 11.2 Å². The van der Waals surface area contributed by atoms with Crippen molar-refractivity contribution >= 4 is 40.3 Å². The highest BCUT2D eigenvalue weighted by Crippen LogP contribution is 2.41. The van der Waals surface area contributed by atoms with E-state index < -0.39 is 18.2 Å². The number of piperidine rings is 2. The van der Waals surface area contributed by atoms with Crippen LogP contribution in [-0.4, -0.2) is 123 Å². The van der Waals surface area contributed by atoms with E-state index in [-0.39, 0.29) is 17.3 Å². The number of likely N-dealkylation sites (tertiary alicyclic amines) is 2. The van der Waals surface area contributed by atoms with Gasteiger partial charge in [0.1, 0.15) is 6.54 Å².